The van der Waals surface area contributed by atoms with Crippen LogP contribution in [0.4, 0.5) is 5.69 Å². The van der Waals surface area contributed by atoms with Gasteiger partial charge in [0.2, 0.25) is 0 Å². The van der Waals surface area contributed by atoms with Crippen LogP contribution in [0.3, 0.4) is 0 Å². The number of amides is 1. The summed E-state index contributed by atoms with van der Waals surface area (Å²) in [6.45, 7) is 2.01. The van der Waals surface area contributed by atoms with Crippen molar-refractivity contribution < 1.29 is 19.6 Å². The molecule has 1 aromatic rings. The van der Waals surface area contributed by atoms with Gasteiger partial charge < -0.3 is 10.4 Å². The van der Waals surface area contributed by atoms with Crippen LogP contribution in [-0.2, 0) is 4.79 Å². The number of aliphatic carboxylic acids is 1. The molecular formula is C14H18N2O5. The number of hydrogen-bond acceptors (Lipinski definition) is 4. The molecule has 1 rings (SSSR count). The summed E-state index contributed by atoms with van der Waals surface area (Å²) in [6, 6.07) is 4.49. The minimum Gasteiger partial charge on any atom is -0.481 e. The summed E-state index contributed by atoms with van der Waals surface area (Å²) >= 11 is 0. The number of carbonyl (C=O) groups excluding carboxylic acids is 1. The smallest absolute Gasteiger partial charge is 0.303 e. The van der Waals surface area contributed by atoms with Gasteiger partial charge in [-0.1, -0.05) is 18.6 Å². The van der Waals surface area contributed by atoms with Gasteiger partial charge in [0.25, 0.3) is 11.6 Å². The first kappa shape index (κ1) is 16.6. The molecule has 0 aliphatic rings. The van der Waals surface area contributed by atoms with Crippen molar-refractivity contribution in [2.45, 2.75) is 32.6 Å². The number of hydrogen-bond donors (Lipinski definition) is 2. The summed E-state index contributed by atoms with van der Waals surface area (Å²) in [4.78, 5) is 32.7. The molecule has 21 heavy (non-hydrogen) atoms. The first-order valence-electron chi connectivity index (χ1n) is 6.67. The Bertz CT molecular complexity index is 542. The Labute approximate surface area is 122 Å². The molecule has 0 heterocycles. The second-order valence-corrected chi connectivity index (χ2v) is 4.69. The maximum Gasteiger partial charge on any atom is 0.303 e. The highest BCUT2D eigenvalue weighted by Gasteiger charge is 2.21. The van der Waals surface area contributed by atoms with Crippen molar-refractivity contribution in [1.29, 1.82) is 0 Å². The van der Waals surface area contributed by atoms with E-state index >= 15 is 0 Å². The number of nitrogens with one attached hydrogen (secondary N) is 1. The number of carboxylic acid groups (broad SMARTS) is 1. The Morgan fingerprint density at radius 3 is 2.62 bits per heavy atom. The van der Waals surface area contributed by atoms with Crippen molar-refractivity contribution >= 4 is 17.6 Å². The SMILES string of the molecule is Cc1cccc([N+](=O)[O-])c1C(=O)NCCCCCC(=O)O. The fraction of sp³-hybridized carbons (Fsp3) is 0.429. The number of unbranched alkanes of at least 4 members (excludes halogenated alkanes) is 2. The van der Waals surface area contributed by atoms with Gasteiger partial charge in [0, 0.05) is 19.0 Å². The molecule has 0 atom stereocenters. The lowest BCUT2D eigenvalue weighted by Gasteiger charge is -2.08. The Morgan fingerprint density at radius 1 is 1.29 bits per heavy atom. The second-order valence-electron chi connectivity index (χ2n) is 4.69. The molecule has 0 spiro atoms. The molecular weight excluding hydrogens is 276 g/mol. The van der Waals surface area contributed by atoms with Crippen molar-refractivity contribution in [3.05, 3.63) is 39.4 Å². The predicted molar refractivity (Wildman–Crippen MR) is 76.3 cm³/mol. The summed E-state index contributed by atoms with van der Waals surface area (Å²) in [7, 11) is 0. The third kappa shape index (κ3) is 5.21. The quantitative estimate of drug-likeness (QED) is 0.434. The van der Waals surface area contributed by atoms with Gasteiger partial charge in [-0.3, -0.25) is 19.7 Å². The zero-order chi connectivity index (χ0) is 15.8. The number of aryl methyl sites for hydroxylation is 1. The molecule has 0 bridgehead atoms. The van der Waals surface area contributed by atoms with Gasteiger partial charge in [-0.2, -0.15) is 0 Å². The van der Waals surface area contributed by atoms with E-state index < -0.39 is 16.8 Å². The first-order valence-corrected chi connectivity index (χ1v) is 6.67. The van der Waals surface area contributed by atoms with Crippen molar-refractivity contribution in [1.82, 2.24) is 5.32 Å². The molecule has 0 aromatic heterocycles. The molecule has 0 radical (unpaired) electrons. The number of nitrogens with zero attached hydrogens (tertiary/aromatic N) is 1. The van der Waals surface area contributed by atoms with Crippen LogP contribution in [0.25, 0.3) is 0 Å². The van der Waals surface area contributed by atoms with Crippen LogP contribution in [0.5, 0.6) is 0 Å². The van der Waals surface area contributed by atoms with Gasteiger partial charge in [-0.25, -0.2) is 0 Å². The first-order chi connectivity index (χ1) is 9.93. The molecule has 0 saturated heterocycles. The number of nitro groups is 1. The van der Waals surface area contributed by atoms with E-state index in [1.807, 2.05) is 0 Å². The molecule has 0 fully saturated rings. The number of nitro benzene ring substituents is 1. The van der Waals surface area contributed by atoms with E-state index in [2.05, 4.69) is 5.32 Å². The molecule has 0 unspecified atom stereocenters. The lowest BCUT2D eigenvalue weighted by Crippen LogP contribution is -2.26. The Hall–Kier alpha value is -2.44. The zero-order valence-corrected chi connectivity index (χ0v) is 11.8. The number of carboxylic acids is 1. The molecule has 1 amide bonds. The van der Waals surface area contributed by atoms with Crippen LogP contribution in [0.2, 0.25) is 0 Å². The molecule has 7 nitrogen and oxygen atoms in total. The second kappa shape index (κ2) is 7.98. The number of rotatable bonds is 8. The summed E-state index contributed by atoms with van der Waals surface area (Å²) < 4.78 is 0. The van der Waals surface area contributed by atoms with Crippen LogP contribution in [-0.4, -0.2) is 28.5 Å². The van der Waals surface area contributed by atoms with Gasteiger partial charge >= 0.3 is 5.97 Å². The summed E-state index contributed by atoms with van der Waals surface area (Å²) in [5.41, 5.74) is 0.416. The van der Waals surface area contributed by atoms with Gasteiger partial charge in [0.15, 0.2) is 0 Å². The van der Waals surface area contributed by atoms with E-state index in [9.17, 15) is 19.7 Å². The maximum absolute atomic E-state index is 12.0. The summed E-state index contributed by atoms with van der Waals surface area (Å²) in [5.74, 6) is -1.31. The lowest BCUT2D eigenvalue weighted by molar-refractivity contribution is -0.385. The van der Waals surface area contributed by atoms with Crippen LogP contribution in [0.1, 0.15) is 41.6 Å². The fourth-order valence-electron chi connectivity index (χ4n) is 1.97. The van der Waals surface area contributed by atoms with Gasteiger partial charge in [-0.15, -0.1) is 0 Å². The van der Waals surface area contributed by atoms with E-state index in [-0.39, 0.29) is 17.7 Å². The molecule has 0 aliphatic heterocycles. The predicted octanol–water partition coefficient (Wildman–Crippen LogP) is 2.28. The Kier molecular flexibility index (Phi) is 6.32. The highest BCUT2D eigenvalue weighted by atomic mass is 16.6. The molecule has 2 N–H and O–H groups in total. The third-order valence-corrected chi connectivity index (χ3v) is 3.03. The highest BCUT2D eigenvalue weighted by Crippen LogP contribution is 2.21. The van der Waals surface area contributed by atoms with Crippen molar-refractivity contribution in [3.63, 3.8) is 0 Å². The minimum atomic E-state index is -0.838. The van der Waals surface area contributed by atoms with Crippen LogP contribution in [0.15, 0.2) is 18.2 Å². The standard InChI is InChI=1S/C14H18N2O5/c1-10-6-5-7-11(16(20)21)13(10)14(19)15-9-4-2-3-8-12(17)18/h5-7H,2-4,8-9H2,1H3,(H,15,19)(H,17,18). The zero-order valence-electron chi connectivity index (χ0n) is 11.8. The average molecular weight is 294 g/mol. The van der Waals surface area contributed by atoms with E-state index in [4.69, 9.17) is 5.11 Å². The van der Waals surface area contributed by atoms with Crippen molar-refractivity contribution in [2.75, 3.05) is 6.54 Å². The van der Waals surface area contributed by atoms with Gasteiger partial charge in [-0.05, 0) is 25.3 Å². The third-order valence-electron chi connectivity index (χ3n) is 3.03. The lowest BCUT2D eigenvalue weighted by atomic mass is 10.1. The van der Waals surface area contributed by atoms with Crippen LogP contribution < -0.4 is 5.32 Å². The monoisotopic (exact) mass is 294 g/mol. The Morgan fingerprint density at radius 2 is 2.00 bits per heavy atom. The maximum atomic E-state index is 12.0. The molecule has 114 valence electrons. The summed E-state index contributed by atoms with van der Waals surface area (Å²) in [5, 5.41) is 22.0. The normalized spacial score (nSPS) is 10.1. The number of benzene rings is 1. The van der Waals surface area contributed by atoms with Crippen molar-refractivity contribution in [2.24, 2.45) is 0 Å². The van der Waals surface area contributed by atoms with Crippen LogP contribution >= 0.6 is 0 Å². The van der Waals surface area contributed by atoms with Gasteiger partial charge in [0.1, 0.15) is 5.56 Å². The van der Waals surface area contributed by atoms with E-state index in [1.165, 1.54) is 12.1 Å². The molecule has 0 saturated carbocycles. The molecule has 1 aromatic carbocycles. The van der Waals surface area contributed by atoms with Crippen LogP contribution in [0, 0.1) is 17.0 Å². The average Bonchev–Trinajstić information content (AvgIpc) is 2.41. The van der Waals surface area contributed by atoms with E-state index in [0.29, 0.717) is 31.4 Å². The van der Waals surface area contributed by atoms with E-state index in [0.717, 1.165) is 0 Å². The van der Waals surface area contributed by atoms with Crippen molar-refractivity contribution in [3.8, 4) is 0 Å². The van der Waals surface area contributed by atoms with Gasteiger partial charge in [0.05, 0.1) is 4.92 Å². The summed E-state index contributed by atoms with van der Waals surface area (Å²) in [6.07, 6.45) is 1.98. The fourth-order valence-corrected chi connectivity index (χ4v) is 1.97. The highest BCUT2D eigenvalue weighted by molar-refractivity contribution is 5.99. The largest absolute Gasteiger partial charge is 0.481 e. The van der Waals surface area contributed by atoms with E-state index in [1.54, 1.807) is 13.0 Å². The topological polar surface area (TPSA) is 110 Å². The molecule has 0 aliphatic carbocycles. The molecule has 7 heteroatoms. The Balaban J connectivity index is 2.53. The number of carbonyl (C=O) groups is 2. The minimum absolute atomic E-state index is 0.0769.